The molecule has 1 aliphatic carbocycles. The molecule has 0 saturated heterocycles. The van der Waals surface area contributed by atoms with Crippen LogP contribution >= 0.6 is 0 Å². The molecule has 3 heteroatoms. The van der Waals surface area contributed by atoms with Crippen molar-refractivity contribution in [2.24, 2.45) is 0 Å². The van der Waals surface area contributed by atoms with Crippen LogP contribution in [0.1, 0.15) is 23.2 Å². The second-order valence-corrected chi connectivity index (χ2v) is 13.2. The number of aromatic nitrogens is 1. The van der Waals surface area contributed by atoms with Gasteiger partial charge in [0.15, 0.2) is 0 Å². The van der Waals surface area contributed by atoms with Gasteiger partial charge in [-0.1, -0.05) is 121 Å². The van der Waals surface area contributed by atoms with Crippen molar-refractivity contribution in [1.29, 1.82) is 0 Å². The van der Waals surface area contributed by atoms with Crippen molar-refractivity contribution >= 4 is 22.6 Å². The molecule has 242 valence electrons. The molecule has 10 rings (SSSR count). The normalized spacial score (nSPS) is 13.0. The first-order valence-electron chi connectivity index (χ1n) is 17.6. The average molecular weight is 656 g/mol. The Balaban J connectivity index is 1.19. The van der Waals surface area contributed by atoms with Gasteiger partial charge in [-0.3, -0.25) is 0 Å². The van der Waals surface area contributed by atoms with Crippen molar-refractivity contribution in [3.63, 3.8) is 0 Å². The molecule has 0 fully saturated rings. The van der Waals surface area contributed by atoms with E-state index in [2.05, 4.69) is 162 Å². The second kappa shape index (κ2) is 12.1. The maximum Gasteiger partial charge on any atom is 0.136 e. The molecule has 7 aromatic carbocycles. The number of allylic oxidation sites excluding steroid dienone is 1. The third kappa shape index (κ3) is 4.97. The summed E-state index contributed by atoms with van der Waals surface area (Å²) in [6.45, 7) is 0. The number of nitrogens with zero attached hydrogens (tertiary/aromatic N) is 1. The first-order valence-corrected chi connectivity index (χ1v) is 17.6. The molecule has 0 amide bonds. The van der Waals surface area contributed by atoms with Crippen LogP contribution in [0.2, 0.25) is 0 Å². The Hall–Kier alpha value is -6.58. The Kier molecular flexibility index (Phi) is 6.95. The number of benzene rings is 7. The second-order valence-electron chi connectivity index (χ2n) is 13.2. The highest BCUT2D eigenvalue weighted by atomic mass is 16.5. The lowest BCUT2D eigenvalue weighted by atomic mass is 9.88. The minimum atomic E-state index is 0.788. The molecule has 1 aliphatic heterocycles. The van der Waals surface area contributed by atoms with Crippen molar-refractivity contribution in [2.45, 2.75) is 12.8 Å². The van der Waals surface area contributed by atoms with Crippen molar-refractivity contribution in [3.05, 3.63) is 187 Å². The molecule has 2 aliphatic rings. The van der Waals surface area contributed by atoms with Crippen molar-refractivity contribution in [3.8, 4) is 62.1 Å². The zero-order valence-electron chi connectivity index (χ0n) is 27.9. The van der Waals surface area contributed by atoms with Crippen molar-refractivity contribution in [2.75, 3.05) is 0 Å². The van der Waals surface area contributed by atoms with Gasteiger partial charge in [-0.05, 0) is 89.7 Å². The van der Waals surface area contributed by atoms with Crippen LogP contribution in [0.15, 0.2) is 170 Å². The molecular weight excluding hydrogens is 623 g/mol. The fraction of sp³-hybridized carbons (Fsp3) is 0.0417. The van der Waals surface area contributed by atoms with Gasteiger partial charge in [0, 0.05) is 44.6 Å². The summed E-state index contributed by atoms with van der Waals surface area (Å²) in [5.41, 5.74) is 13.7. The van der Waals surface area contributed by atoms with Gasteiger partial charge in [-0.25, -0.2) is 0 Å². The molecule has 2 heterocycles. The standard InChI is InChI=1S/C48H33NO2/c1-3-14-32(15-4-1)36-21-13-25-46-48(36)40-28-26-34(31-47(40)51-45-24-12-9-20-39(45)38-19-8-11-23-44(38)50-46)33-27-29-43-41(30-33)37-18-7-10-22-42(37)49(43)35-16-5-2-6-17-35/h1-26,28,30-31H,27,29H2. The summed E-state index contributed by atoms with van der Waals surface area (Å²) in [5, 5.41) is 1.27. The smallest absolute Gasteiger partial charge is 0.136 e. The van der Waals surface area contributed by atoms with Crippen LogP contribution in [-0.2, 0) is 6.42 Å². The lowest BCUT2D eigenvalue weighted by Gasteiger charge is -2.24. The predicted octanol–water partition coefficient (Wildman–Crippen LogP) is 13.0. The van der Waals surface area contributed by atoms with Gasteiger partial charge in [-0.15, -0.1) is 0 Å². The third-order valence-electron chi connectivity index (χ3n) is 10.2. The quantitative estimate of drug-likeness (QED) is 0.189. The van der Waals surface area contributed by atoms with Crippen LogP contribution in [0.5, 0.6) is 23.0 Å². The molecule has 0 unspecified atom stereocenters. The number of ether oxygens (including phenoxy) is 2. The molecule has 0 radical (unpaired) electrons. The molecule has 0 N–H and O–H groups in total. The largest absolute Gasteiger partial charge is 0.456 e. The number of hydrogen-bond acceptors (Lipinski definition) is 2. The molecule has 0 spiro atoms. The highest BCUT2D eigenvalue weighted by molar-refractivity contribution is 6.00. The van der Waals surface area contributed by atoms with Crippen molar-refractivity contribution in [1.82, 2.24) is 4.57 Å². The van der Waals surface area contributed by atoms with Gasteiger partial charge in [0.1, 0.15) is 23.0 Å². The molecule has 0 atom stereocenters. The molecule has 0 saturated carbocycles. The van der Waals surface area contributed by atoms with E-state index in [0.717, 1.165) is 74.8 Å². The van der Waals surface area contributed by atoms with Gasteiger partial charge in [0.25, 0.3) is 0 Å². The fourth-order valence-electron chi connectivity index (χ4n) is 7.88. The fourth-order valence-corrected chi connectivity index (χ4v) is 7.88. The zero-order chi connectivity index (χ0) is 33.7. The summed E-state index contributed by atoms with van der Waals surface area (Å²) in [7, 11) is 0. The minimum Gasteiger partial charge on any atom is -0.456 e. The van der Waals surface area contributed by atoms with Crippen LogP contribution in [0.25, 0.3) is 61.6 Å². The lowest BCUT2D eigenvalue weighted by molar-refractivity contribution is 0.472. The molecule has 0 bridgehead atoms. The first kappa shape index (κ1) is 29.3. The Morgan fingerprint density at radius 1 is 0.431 bits per heavy atom. The Labute approximate surface area is 297 Å². The third-order valence-corrected chi connectivity index (χ3v) is 10.2. The topological polar surface area (TPSA) is 23.4 Å². The van der Waals surface area contributed by atoms with Gasteiger partial charge in [0.05, 0.1) is 5.52 Å². The molecular formula is C48H33NO2. The van der Waals surface area contributed by atoms with E-state index in [1.165, 1.54) is 33.4 Å². The lowest BCUT2D eigenvalue weighted by Crippen LogP contribution is -2.05. The molecule has 51 heavy (non-hydrogen) atoms. The Bertz CT molecular complexity index is 2630. The van der Waals surface area contributed by atoms with Crippen LogP contribution in [0.4, 0.5) is 0 Å². The number of rotatable bonds is 3. The summed E-state index contributed by atoms with van der Waals surface area (Å²) in [4.78, 5) is 0. The molecule has 1 aromatic heterocycles. The summed E-state index contributed by atoms with van der Waals surface area (Å²) in [6, 6.07) is 59.5. The maximum atomic E-state index is 7.07. The average Bonchev–Trinajstić information content (AvgIpc) is 3.53. The first-order chi connectivity index (χ1) is 25.3. The maximum absolute atomic E-state index is 7.07. The van der Waals surface area contributed by atoms with E-state index in [4.69, 9.17) is 9.47 Å². The number of fused-ring (bicyclic) bond motifs is 9. The predicted molar refractivity (Wildman–Crippen MR) is 209 cm³/mol. The summed E-state index contributed by atoms with van der Waals surface area (Å²) < 4.78 is 16.4. The van der Waals surface area contributed by atoms with E-state index in [9.17, 15) is 0 Å². The van der Waals surface area contributed by atoms with Crippen LogP contribution in [-0.4, -0.2) is 4.57 Å². The van der Waals surface area contributed by atoms with E-state index in [0.29, 0.717) is 0 Å². The van der Waals surface area contributed by atoms with Gasteiger partial charge in [0.2, 0.25) is 0 Å². The summed E-state index contributed by atoms with van der Waals surface area (Å²) >= 11 is 0. The van der Waals surface area contributed by atoms with Crippen LogP contribution in [0, 0.1) is 0 Å². The SMILES string of the molecule is C1=C(c2ccc3c(c2)Oc2ccccc2-c2ccccc2Oc2cccc(-c4ccccc4)c2-3)CCc2c1c1ccccc1n2-c1ccccc1. The highest BCUT2D eigenvalue weighted by Crippen LogP contribution is 2.50. The van der Waals surface area contributed by atoms with Crippen LogP contribution < -0.4 is 9.47 Å². The van der Waals surface area contributed by atoms with Crippen LogP contribution in [0.3, 0.4) is 0 Å². The van der Waals surface area contributed by atoms with E-state index >= 15 is 0 Å². The van der Waals surface area contributed by atoms with E-state index in [-0.39, 0.29) is 0 Å². The summed E-state index contributed by atoms with van der Waals surface area (Å²) in [5.74, 6) is 3.17. The minimum absolute atomic E-state index is 0.788. The number of hydrogen-bond donors (Lipinski definition) is 0. The molecule has 8 aromatic rings. The Morgan fingerprint density at radius 3 is 1.84 bits per heavy atom. The van der Waals surface area contributed by atoms with E-state index in [1.54, 1.807) is 0 Å². The zero-order valence-corrected chi connectivity index (χ0v) is 27.9. The number of para-hydroxylation sites is 4. The van der Waals surface area contributed by atoms with Gasteiger partial charge < -0.3 is 14.0 Å². The van der Waals surface area contributed by atoms with Gasteiger partial charge in [-0.2, -0.15) is 0 Å². The van der Waals surface area contributed by atoms with E-state index in [1.807, 2.05) is 18.2 Å². The van der Waals surface area contributed by atoms with Crippen molar-refractivity contribution < 1.29 is 9.47 Å². The molecule has 3 nitrogen and oxygen atoms in total. The van der Waals surface area contributed by atoms with Gasteiger partial charge >= 0.3 is 0 Å². The monoisotopic (exact) mass is 655 g/mol. The van der Waals surface area contributed by atoms with E-state index < -0.39 is 0 Å². The Morgan fingerprint density at radius 2 is 1.06 bits per heavy atom. The summed E-state index contributed by atoms with van der Waals surface area (Å²) in [6.07, 6.45) is 4.27. The highest BCUT2D eigenvalue weighted by Gasteiger charge is 2.25.